The van der Waals surface area contributed by atoms with E-state index in [1.54, 1.807) is 0 Å². The van der Waals surface area contributed by atoms with Gasteiger partial charge >= 0.3 is 6.09 Å². The molecule has 5 heteroatoms. The molecule has 0 saturated carbocycles. The second-order valence-electron chi connectivity index (χ2n) is 10.1. The van der Waals surface area contributed by atoms with Gasteiger partial charge in [-0.2, -0.15) is 0 Å². The van der Waals surface area contributed by atoms with Gasteiger partial charge in [0.15, 0.2) is 5.78 Å². The van der Waals surface area contributed by atoms with Crippen LogP contribution in [-0.2, 0) is 15.9 Å². The molecule has 2 fully saturated rings. The first-order chi connectivity index (χ1) is 17.7. The SMILES string of the molecule is CCc1ccccc1C(=O)C1CC2COCC(C1)N2C(=O)OCC1c2ccccc2-c2ccccc21. The molecule has 3 aromatic rings. The Labute approximate surface area is 212 Å². The Balaban J connectivity index is 1.17. The van der Waals surface area contributed by atoms with E-state index in [9.17, 15) is 9.59 Å². The van der Waals surface area contributed by atoms with Gasteiger partial charge in [-0.1, -0.05) is 79.7 Å². The standard InChI is InChI=1S/C31H31NO4/c1-2-20-9-3-4-10-24(20)30(33)21-15-22-17-35-18-23(16-21)32(22)31(34)36-19-29-27-13-7-5-11-25(27)26-12-6-8-14-28(26)29/h3-14,21-23,29H,2,15-19H2,1H3. The summed E-state index contributed by atoms with van der Waals surface area (Å²) in [6.45, 7) is 3.27. The van der Waals surface area contributed by atoms with Gasteiger partial charge in [-0.25, -0.2) is 4.79 Å². The summed E-state index contributed by atoms with van der Waals surface area (Å²) in [5, 5.41) is 0. The molecule has 0 radical (unpaired) electrons. The van der Waals surface area contributed by atoms with Gasteiger partial charge in [-0.15, -0.1) is 0 Å². The zero-order valence-corrected chi connectivity index (χ0v) is 20.6. The van der Waals surface area contributed by atoms with Crippen LogP contribution in [-0.4, -0.2) is 48.7 Å². The van der Waals surface area contributed by atoms with Crippen molar-refractivity contribution in [1.82, 2.24) is 4.90 Å². The average Bonchev–Trinajstić information content (AvgIpc) is 3.24. The lowest BCUT2D eigenvalue weighted by atomic mass is 9.80. The summed E-state index contributed by atoms with van der Waals surface area (Å²) in [4.78, 5) is 28.7. The zero-order valence-electron chi connectivity index (χ0n) is 20.6. The Hall–Kier alpha value is -3.44. The molecule has 1 amide bonds. The molecule has 2 saturated heterocycles. The van der Waals surface area contributed by atoms with Crippen molar-refractivity contribution in [3.05, 3.63) is 95.1 Å². The van der Waals surface area contributed by atoms with Crippen LogP contribution < -0.4 is 0 Å². The summed E-state index contributed by atoms with van der Waals surface area (Å²) < 4.78 is 11.8. The fraction of sp³-hybridized carbons (Fsp3) is 0.355. The number of hydrogen-bond acceptors (Lipinski definition) is 4. The smallest absolute Gasteiger partial charge is 0.410 e. The Morgan fingerprint density at radius 2 is 1.44 bits per heavy atom. The number of ketones is 1. The van der Waals surface area contributed by atoms with Crippen molar-refractivity contribution in [2.75, 3.05) is 19.8 Å². The molecule has 3 aliphatic rings. The van der Waals surface area contributed by atoms with Crippen LogP contribution in [0.2, 0.25) is 0 Å². The van der Waals surface area contributed by atoms with Crippen molar-refractivity contribution < 1.29 is 19.1 Å². The molecule has 6 rings (SSSR count). The van der Waals surface area contributed by atoms with E-state index >= 15 is 0 Å². The van der Waals surface area contributed by atoms with Crippen LogP contribution in [0.25, 0.3) is 11.1 Å². The van der Waals surface area contributed by atoms with Crippen LogP contribution in [0.4, 0.5) is 4.79 Å². The molecule has 2 bridgehead atoms. The van der Waals surface area contributed by atoms with Crippen molar-refractivity contribution in [3.63, 3.8) is 0 Å². The highest BCUT2D eigenvalue weighted by molar-refractivity contribution is 5.99. The number of fused-ring (bicyclic) bond motifs is 5. The third-order valence-electron chi connectivity index (χ3n) is 8.10. The Morgan fingerprint density at radius 1 is 0.861 bits per heavy atom. The van der Waals surface area contributed by atoms with Crippen molar-refractivity contribution >= 4 is 11.9 Å². The van der Waals surface area contributed by atoms with Crippen molar-refractivity contribution in [2.24, 2.45) is 5.92 Å². The number of aryl methyl sites for hydroxylation is 1. The molecule has 3 aromatic carbocycles. The maximum atomic E-state index is 13.4. The number of rotatable bonds is 5. The molecule has 0 spiro atoms. The van der Waals surface area contributed by atoms with Crippen LogP contribution in [0.15, 0.2) is 72.8 Å². The van der Waals surface area contributed by atoms with E-state index in [1.807, 2.05) is 41.3 Å². The second kappa shape index (κ2) is 9.55. The highest BCUT2D eigenvalue weighted by Crippen LogP contribution is 2.44. The molecule has 2 aliphatic heterocycles. The van der Waals surface area contributed by atoms with E-state index in [2.05, 4.69) is 43.3 Å². The van der Waals surface area contributed by atoms with Gasteiger partial charge in [-0.05, 0) is 47.1 Å². The first-order valence-corrected chi connectivity index (χ1v) is 13.0. The minimum atomic E-state index is -0.296. The molecule has 0 N–H and O–H groups in total. The van der Waals surface area contributed by atoms with E-state index in [4.69, 9.17) is 9.47 Å². The predicted octanol–water partition coefficient (Wildman–Crippen LogP) is 5.86. The van der Waals surface area contributed by atoms with Crippen LogP contribution in [0.1, 0.15) is 52.7 Å². The molecule has 5 nitrogen and oxygen atoms in total. The maximum absolute atomic E-state index is 13.4. The third-order valence-corrected chi connectivity index (χ3v) is 8.10. The fourth-order valence-electron chi connectivity index (χ4n) is 6.38. The summed E-state index contributed by atoms with van der Waals surface area (Å²) in [5.74, 6) is 0.118. The van der Waals surface area contributed by atoms with E-state index in [0.717, 1.165) is 17.5 Å². The van der Waals surface area contributed by atoms with E-state index < -0.39 is 0 Å². The molecule has 184 valence electrons. The highest BCUT2D eigenvalue weighted by atomic mass is 16.6. The topological polar surface area (TPSA) is 55.8 Å². The van der Waals surface area contributed by atoms with Gasteiger partial charge in [0.25, 0.3) is 0 Å². The largest absolute Gasteiger partial charge is 0.448 e. The Bertz CT molecular complexity index is 1240. The number of carbonyl (C=O) groups excluding carboxylic acids is 2. The average molecular weight is 482 g/mol. The van der Waals surface area contributed by atoms with E-state index in [0.29, 0.717) is 32.7 Å². The van der Waals surface area contributed by atoms with Gasteiger partial charge < -0.3 is 9.47 Å². The third kappa shape index (κ3) is 3.92. The minimum Gasteiger partial charge on any atom is -0.448 e. The molecular weight excluding hydrogens is 450 g/mol. The second-order valence-corrected chi connectivity index (χ2v) is 10.1. The normalized spacial score (nSPS) is 22.6. The number of nitrogens with zero attached hydrogens (tertiary/aromatic N) is 1. The van der Waals surface area contributed by atoms with E-state index in [-0.39, 0.29) is 35.8 Å². The first-order valence-electron chi connectivity index (χ1n) is 13.0. The van der Waals surface area contributed by atoms with Crippen molar-refractivity contribution in [3.8, 4) is 11.1 Å². The number of morpholine rings is 1. The lowest BCUT2D eigenvalue weighted by molar-refractivity contribution is -0.0747. The van der Waals surface area contributed by atoms with Crippen LogP contribution in [0.3, 0.4) is 0 Å². The monoisotopic (exact) mass is 481 g/mol. The van der Waals surface area contributed by atoms with Gasteiger partial charge in [0.05, 0.1) is 25.3 Å². The number of ether oxygens (including phenoxy) is 2. The minimum absolute atomic E-state index is 0.0297. The zero-order chi connectivity index (χ0) is 24.6. The Morgan fingerprint density at radius 3 is 2.08 bits per heavy atom. The van der Waals surface area contributed by atoms with Gasteiger partial charge in [0.1, 0.15) is 6.61 Å². The predicted molar refractivity (Wildman–Crippen MR) is 138 cm³/mol. The van der Waals surface area contributed by atoms with Gasteiger partial charge in [-0.3, -0.25) is 9.69 Å². The summed E-state index contributed by atoms with van der Waals surface area (Å²) in [6, 6.07) is 24.3. The van der Waals surface area contributed by atoms with Crippen LogP contribution in [0, 0.1) is 5.92 Å². The van der Waals surface area contributed by atoms with Crippen molar-refractivity contribution in [1.29, 1.82) is 0 Å². The molecular formula is C31H31NO4. The summed E-state index contributed by atoms with van der Waals surface area (Å²) in [6.07, 6.45) is 1.75. The molecule has 2 heterocycles. The first kappa shape index (κ1) is 23.0. The lowest BCUT2D eigenvalue weighted by Crippen LogP contribution is -2.60. The maximum Gasteiger partial charge on any atom is 0.410 e. The number of benzene rings is 3. The number of Topliss-reactive ketones (excluding diaryl/α,β-unsaturated/α-hetero) is 1. The van der Waals surface area contributed by atoms with E-state index in [1.165, 1.54) is 22.3 Å². The summed E-state index contributed by atoms with van der Waals surface area (Å²) in [7, 11) is 0. The van der Waals surface area contributed by atoms with Crippen LogP contribution in [0.5, 0.6) is 0 Å². The van der Waals surface area contributed by atoms with Gasteiger partial charge in [0, 0.05) is 17.4 Å². The summed E-state index contributed by atoms with van der Waals surface area (Å²) >= 11 is 0. The fourth-order valence-corrected chi connectivity index (χ4v) is 6.38. The van der Waals surface area contributed by atoms with Crippen LogP contribution >= 0.6 is 0 Å². The molecule has 36 heavy (non-hydrogen) atoms. The number of amides is 1. The number of carbonyl (C=O) groups is 2. The lowest BCUT2D eigenvalue weighted by Gasteiger charge is -2.47. The highest BCUT2D eigenvalue weighted by Gasteiger charge is 2.45. The molecule has 0 aromatic heterocycles. The Kier molecular flexibility index (Phi) is 6.10. The molecule has 1 aliphatic carbocycles. The van der Waals surface area contributed by atoms with Crippen molar-refractivity contribution in [2.45, 2.75) is 44.2 Å². The quantitative estimate of drug-likeness (QED) is 0.428. The number of piperidine rings is 1. The van der Waals surface area contributed by atoms with Gasteiger partial charge in [0.2, 0.25) is 0 Å². The number of hydrogen-bond donors (Lipinski definition) is 0. The summed E-state index contributed by atoms with van der Waals surface area (Å²) in [5.41, 5.74) is 6.74. The molecule has 2 unspecified atom stereocenters. The molecule has 2 atom stereocenters.